The summed E-state index contributed by atoms with van der Waals surface area (Å²) < 4.78 is 0. The van der Waals surface area contributed by atoms with Gasteiger partial charge in [0.2, 0.25) is 0 Å². The number of carbonyl (C=O) groups is 1. The van der Waals surface area contributed by atoms with Gasteiger partial charge in [-0.1, -0.05) is 0 Å². The molecule has 1 aromatic heterocycles. The van der Waals surface area contributed by atoms with Crippen molar-refractivity contribution in [2.45, 2.75) is 5.75 Å². The van der Waals surface area contributed by atoms with E-state index in [9.17, 15) is 4.79 Å². The minimum absolute atomic E-state index is 0.294. The second kappa shape index (κ2) is 4.84. The number of nitrogens with one attached hydrogen (secondary N) is 1. The highest BCUT2D eigenvalue weighted by molar-refractivity contribution is 7.97. The Bertz CT molecular complexity index is 303. The van der Waals surface area contributed by atoms with E-state index >= 15 is 0 Å². The quantitative estimate of drug-likeness (QED) is 0.422. The first-order chi connectivity index (χ1) is 6.29. The first-order valence-corrected chi connectivity index (χ1v) is 5.12. The zero-order valence-electron chi connectivity index (χ0n) is 7.28. The van der Waals surface area contributed by atoms with Gasteiger partial charge < -0.3 is 0 Å². The summed E-state index contributed by atoms with van der Waals surface area (Å²) >= 11 is 1.61. The Morgan fingerprint density at radius 1 is 1.77 bits per heavy atom. The van der Waals surface area contributed by atoms with Crippen LogP contribution in [-0.4, -0.2) is 17.1 Å². The lowest BCUT2D eigenvalue weighted by molar-refractivity contribution is 0.0952. The number of carbonyl (C=O) groups excluding carboxylic acids is 1. The van der Waals surface area contributed by atoms with Gasteiger partial charge in [-0.25, -0.2) is 5.84 Å². The molecule has 1 heterocycles. The lowest BCUT2D eigenvalue weighted by Gasteiger charge is -2.04. The molecule has 0 aliphatic carbocycles. The van der Waals surface area contributed by atoms with Crippen molar-refractivity contribution in [2.75, 3.05) is 6.26 Å². The molecule has 0 spiro atoms. The van der Waals surface area contributed by atoms with Gasteiger partial charge in [-0.05, 0) is 18.4 Å². The summed E-state index contributed by atoms with van der Waals surface area (Å²) in [5, 5.41) is 0. The van der Waals surface area contributed by atoms with Crippen LogP contribution in [0, 0.1) is 0 Å². The number of amides is 1. The molecule has 0 unspecified atom stereocenters. The molecule has 0 saturated carbocycles. The van der Waals surface area contributed by atoms with Crippen molar-refractivity contribution in [3.63, 3.8) is 0 Å². The van der Waals surface area contributed by atoms with Crippen LogP contribution in [0.2, 0.25) is 0 Å². The molecule has 3 N–H and O–H groups in total. The smallest absolute Gasteiger partial charge is 0.267 e. The van der Waals surface area contributed by atoms with E-state index in [4.69, 9.17) is 5.84 Å². The van der Waals surface area contributed by atoms with Gasteiger partial charge >= 0.3 is 0 Å². The fraction of sp³-hybridized carbons (Fsp3) is 0.250. The zero-order chi connectivity index (χ0) is 9.68. The molecule has 0 aliphatic rings. The highest BCUT2D eigenvalue weighted by Crippen LogP contribution is 2.11. The third-order valence-electron chi connectivity index (χ3n) is 1.55. The van der Waals surface area contributed by atoms with E-state index in [0.29, 0.717) is 11.3 Å². The zero-order valence-corrected chi connectivity index (χ0v) is 8.10. The van der Waals surface area contributed by atoms with E-state index < -0.39 is 0 Å². The topological polar surface area (TPSA) is 68.0 Å². The molecule has 0 saturated heterocycles. The standard InChI is InChI=1S/C8H11N3OS/c1-13-5-7-6(8(12)11-9)3-2-4-10-7/h2-4H,5,9H2,1H3,(H,11,12). The molecule has 5 heteroatoms. The second-order valence-electron chi connectivity index (χ2n) is 2.40. The number of rotatable bonds is 3. The highest BCUT2D eigenvalue weighted by Gasteiger charge is 2.09. The van der Waals surface area contributed by atoms with Gasteiger partial charge in [0.1, 0.15) is 0 Å². The summed E-state index contributed by atoms with van der Waals surface area (Å²) in [7, 11) is 0. The lowest BCUT2D eigenvalue weighted by atomic mass is 10.2. The van der Waals surface area contributed by atoms with E-state index in [2.05, 4.69) is 10.4 Å². The number of nitrogens with zero attached hydrogens (tertiary/aromatic N) is 1. The second-order valence-corrected chi connectivity index (χ2v) is 3.27. The van der Waals surface area contributed by atoms with Gasteiger partial charge in [-0.15, -0.1) is 0 Å². The Hall–Kier alpha value is -1.07. The highest BCUT2D eigenvalue weighted by atomic mass is 32.2. The van der Waals surface area contributed by atoms with E-state index in [-0.39, 0.29) is 5.91 Å². The Morgan fingerprint density at radius 3 is 3.15 bits per heavy atom. The van der Waals surface area contributed by atoms with Crippen molar-refractivity contribution in [2.24, 2.45) is 5.84 Å². The van der Waals surface area contributed by atoms with Crippen molar-refractivity contribution < 1.29 is 4.79 Å². The summed E-state index contributed by atoms with van der Waals surface area (Å²) in [5.41, 5.74) is 3.39. The van der Waals surface area contributed by atoms with Crippen molar-refractivity contribution in [3.05, 3.63) is 29.6 Å². The van der Waals surface area contributed by atoms with Crippen LogP contribution in [0.1, 0.15) is 16.1 Å². The number of pyridine rings is 1. The first kappa shape index (κ1) is 10.0. The summed E-state index contributed by atoms with van der Waals surface area (Å²) in [6.45, 7) is 0. The van der Waals surface area contributed by atoms with Gasteiger partial charge in [-0.3, -0.25) is 15.2 Å². The van der Waals surface area contributed by atoms with Crippen LogP contribution < -0.4 is 11.3 Å². The number of thioether (sulfide) groups is 1. The summed E-state index contributed by atoms with van der Waals surface area (Å²) in [6.07, 6.45) is 3.62. The maximum Gasteiger partial charge on any atom is 0.267 e. The lowest BCUT2D eigenvalue weighted by Crippen LogP contribution is -2.30. The summed E-state index contributed by atoms with van der Waals surface area (Å²) in [5.74, 6) is 5.45. The van der Waals surface area contributed by atoms with Crippen molar-refractivity contribution in [1.29, 1.82) is 0 Å². The SMILES string of the molecule is CSCc1ncccc1C(=O)NN. The molecule has 0 aromatic carbocycles. The molecule has 13 heavy (non-hydrogen) atoms. The number of nitrogens with two attached hydrogens (primary N) is 1. The largest absolute Gasteiger partial charge is 0.290 e. The van der Waals surface area contributed by atoms with Gasteiger partial charge in [0, 0.05) is 11.9 Å². The van der Waals surface area contributed by atoms with Crippen molar-refractivity contribution in [3.8, 4) is 0 Å². The predicted molar refractivity (Wildman–Crippen MR) is 53.1 cm³/mol. The molecule has 0 fully saturated rings. The summed E-state index contributed by atoms with van der Waals surface area (Å²) in [6, 6.07) is 3.43. The van der Waals surface area contributed by atoms with E-state index in [1.807, 2.05) is 6.26 Å². The van der Waals surface area contributed by atoms with Crippen LogP contribution in [0.15, 0.2) is 18.3 Å². The van der Waals surface area contributed by atoms with Crippen molar-refractivity contribution >= 4 is 17.7 Å². The van der Waals surface area contributed by atoms with Crippen LogP contribution in [-0.2, 0) is 5.75 Å². The Balaban J connectivity index is 2.97. The number of aromatic nitrogens is 1. The van der Waals surface area contributed by atoms with Crippen molar-refractivity contribution in [1.82, 2.24) is 10.4 Å². The Morgan fingerprint density at radius 2 is 2.54 bits per heavy atom. The fourth-order valence-corrected chi connectivity index (χ4v) is 1.48. The molecule has 0 aliphatic heterocycles. The number of hydrogen-bond donors (Lipinski definition) is 2. The maximum absolute atomic E-state index is 11.2. The fourth-order valence-electron chi connectivity index (χ4n) is 0.974. The predicted octanol–water partition coefficient (Wildman–Crippen LogP) is 0.548. The van der Waals surface area contributed by atoms with Gasteiger partial charge in [0.05, 0.1) is 11.3 Å². The van der Waals surface area contributed by atoms with Crippen LogP contribution >= 0.6 is 11.8 Å². The minimum atomic E-state index is -0.294. The maximum atomic E-state index is 11.2. The summed E-state index contributed by atoms with van der Waals surface area (Å²) in [4.78, 5) is 15.3. The molecule has 0 radical (unpaired) electrons. The molecular weight excluding hydrogens is 186 g/mol. The molecule has 1 amide bonds. The van der Waals surface area contributed by atoms with E-state index in [1.54, 1.807) is 30.1 Å². The molecule has 4 nitrogen and oxygen atoms in total. The normalized spacial score (nSPS) is 9.69. The average Bonchev–Trinajstić information content (AvgIpc) is 2.18. The Labute approximate surface area is 80.9 Å². The molecule has 70 valence electrons. The minimum Gasteiger partial charge on any atom is -0.290 e. The van der Waals surface area contributed by atoms with Crippen LogP contribution in [0.25, 0.3) is 0 Å². The molecular formula is C8H11N3OS. The molecule has 0 atom stereocenters. The monoisotopic (exact) mass is 197 g/mol. The van der Waals surface area contributed by atoms with E-state index in [1.165, 1.54) is 0 Å². The first-order valence-electron chi connectivity index (χ1n) is 3.73. The molecule has 1 aromatic rings. The number of hydrogen-bond acceptors (Lipinski definition) is 4. The third kappa shape index (κ3) is 2.43. The van der Waals surface area contributed by atoms with Gasteiger partial charge in [0.25, 0.3) is 5.91 Å². The van der Waals surface area contributed by atoms with Crippen LogP contribution in [0.5, 0.6) is 0 Å². The van der Waals surface area contributed by atoms with Crippen LogP contribution in [0.4, 0.5) is 0 Å². The average molecular weight is 197 g/mol. The van der Waals surface area contributed by atoms with Crippen LogP contribution in [0.3, 0.4) is 0 Å². The molecule has 1 rings (SSSR count). The van der Waals surface area contributed by atoms with Gasteiger partial charge in [0.15, 0.2) is 0 Å². The van der Waals surface area contributed by atoms with E-state index in [0.717, 1.165) is 5.69 Å². The number of hydrazine groups is 1. The number of nitrogen functional groups attached to an aromatic ring is 1. The van der Waals surface area contributed by atoms with Gasteiger partial charge in [-0.2, -0.15) is 11.8 Å². The molecule has 0 bridgehead atoms. The third-order valence-corrected chi connectivity index (χ3v) is 2.11. The Kier molecular flexibility index (Phi) is 3.72.